The van der Waals surface area contributed by atoms with Gasteiger partial charge in [-0.25, -0.2) is 0 Å². The fourth-order valence-electron chi connectivity index (χ4n) is 2.69. The summed E-state index contributed by atoms with van der Waals surface area (Å²) in [7, 11) is 0. The van der Waals surface area contributed by atoms with Crippen molar-refractivity contribution in [3.8, 4) is 0 Å². The normalized spacial score (nSPS) is 14.8. The summed E-state index contributed by atoms with van der Waals surface area (Å²) < 4.78 is 0. The molecule has 2 heteroatoms. The van der Waals surface area contributed by atoms with E-state index in [0.29, 0.717) is 11.5 Å². The summed E-state index contributed by atoms with van der Waals surface area (Å²) in [6.07, 6.45) is 2.19. The summed E-state index contributed by atoms with van der Waals surface area (Å²) in [4.78, 5) is 0. The molecule has 0 saturated heterocycles. The standard InChI is InChI=1S/C16H36N2/c1-12(2)15(13(3)4)11-18-9-8-14(17)10-16(5,6)7/h12-15,18H,8-11,17H2,1-7H3. The van der Waals surface area contributed by atoms with E-state index >= 15 is 0 Å². The summed E-state index contributed by atoms with van der Waals surface area (Å²) in [5.41, 5.74) is 6.50. The third kappa shape index (κ3) is 8.93. The lowest BCUT2D eigenvalue weighted by Gasteiger charge is -2.26. The molecule has 0 aliphatic carbocycles. The molecule has 0 radical (unpaired) electrons. The van der Waals surface area contributed by atoms with Crippen LogP contribution >= 0.6 is 0 Å². The van der Waals surface area contributed by atoms with Crippen molar-refractivity contribution >= 4 is 0 Å². The van der Waals surface area contributed by atoms with E-state index in [2.05, 4.69) is 53.8 Å². The Morgan fingerprint density at radius 1 is 1.00 bits per heavy atom. The molecule has 0 aromatic rings. The Labute approximate surface area is 115 Å². The van der Waals surface area contributed by atoms with Crippen LogP contribution in [-0.2, 0) is 0 Å². The fraction of sp³-hybridized carbons (Fsp3) is 1.00. The van der Waals surface area contributed by atoms with Crippen LogP contribution in [0, 0.1) is 23.2 Å². The Morgan fingerprint density at radius 2 is 1.50 bits per heavy atom. The van der Waals surface area contributed by atoms with E-state index in [1.165, 1.54) is 0 Å². The number of hydrogen-bond acceptors (Lipinski definition) is 2. The second kappa shape index (κ2) is 8.16. The lowest BCUT2D eigenvalue weighted by Crippen LogP contribution is -2.34. The van der Waals surface area contributed by atoms with Gasteiger partial charge in [0, 0.05) is 6.04 Å². The molecule has 0 amide bonds. The van der Waals surface area contributed by atoms with Crippen molar-refractivity contribution in [3.05, 3.63) is 0 Å². The Morgan fingerprint density at radius 3 is 1.89 bits per heavy atom. The Balaban J connectivity index is 3.78. The maximum absolute atomic E-state index is 6.16. The molecule has 0 fully saturated rings. The highest BCUT2D eigenvalue weighted by Crippen LogP contribution is 2.21. The van der Waals surface area contributed by atoms with Crippen LogP contribution in [0.15, 0.2) is 0 Å². The Hall–Kier alpha value is -0.0800. The highest BCUT2D eigenvalue weighted by atomic mass is 14.9. The van der Waals surface area contributed by atoms with Crippen LogP contribution in [0.4, 0.5) is 0 Å². The third-order valence-electron chi connectivity index (χ3n) is 3.66. The van der Waals surface area contributed by atoms with Crippen molar-refractivity contribution in [2.45, 2.75) is 67.3 Å². The predicted molar refractivity (Wildman–Crippen MR) is 82.7 cm³/mol. The average molecular weight is 256 g/mol. The zero-order chi connectivity index (χ0) is 14.3. The molecule has 0 saturated carbocycles. The largest absolute Gasteiger partial charge is 0.328 e. The van der Waals surface area contributed by atoms with Crippen molar-refractivity contribution in [3.63, 3.8) is 0 Å². The number of hydrogen-bond donors (Lipinski definition) is 2. The first-order valence-corrected chi connectivity index (χ1v) is 7.59. The van der Waals surface area contributed by atoms with Crippen LogP contribution in [0.2, 0.25) is 0 Å². The first kappa shape index (κ1) is 17.9. The topological polar surface area (TPSA) is 38.0 Å². The van der Waals surface area contributed by atoms with Gasteiger partial charge in [-0.1, -0.05) is 48.5 Å². The second-order valence-electron chi connectivity index (χ2n) is 7.67. The first-order chi connectivity index (χ1) is 8.13. The van der Waals surface area contributed by atoms with Gasteiger partial charge in [-0.05, 0) is 49.1 Å². The smallest absolute Gasteiger partial charge is 0.00558 e. The van der Waals surface area contributed by atoms with E-state index in [9.17, 15) is 0 Å². The monoisotopic (exact) mass is 256 g/mol. The molecule has 18 heavy (non-hydrogen) atoms. The van der Waals surface area contributed by atoms with Gasteiger partial charge in [0.1, 0.15) is 0 Å². The van der Waals surface area contributed by atoms with E-state index in [-0.39, 0.29) is 0 Å². The van der Waals surface area contributed by atoms with Gasteiger partial charge in [-0.3, -0.25) is 0 Å². The highest BCUT2D eigenvalue weighted by molar-refractivity contribution is 4.74. The molecule has 0 aliphatic heterocycles. The molecular weight excluding hydrogens is 220 g/mol. The Kier molecular flexibility index (Phi) is 8.13. The second-order valence-corrected chi connectivity index (χ2v) is 7.67. The quantitative estimate of drug-likeness (QED) is 0.650. The number of nitrogens with one attached hydrogen (secondary N) is 1. The van der Waals surface area contributed by atoms with Gasteiger partial charge in [-0.15, -0.1) is 0 Å². The first-order valence-electron chi connectivity index (χ1n) is 7.59. The van der Waals surface area contributed by atoms with Gasteiger partial charge in [0.2, 0.25) is 0 Å². The molecule has 3 N–H and O–H groups in total. The number of nitrogens with two attached hydrogens (primary N) is 1. The van der Waals surface area contributed by atoms with Crippen LogP contribution in [-0.4, -0.2) is 19.1 Å². The molecule has 0 bridgehead atoms. The molecule has 0 aliphatic rings. The van der Waals surface area contributed by atoms with E-state index in [0.717, 1.165) is 43.7 Å². The minimum Gasteiger partial charge on any atom is -0.328 e. The lowest BCUT2D eigenvalue weighted by atomic mass is 9.85. The summed E-state index contributed by atoms with van der Waals surface area (Å²) in [5, 5.41) is 3.58. The molecule has 0 rings (SSSR count). The fourth-order valence-corrected chi connectivity index (χ4v) is 2.69. The zero-order valence-electron chi connectivity index (χ0n) is 13.7. The van der Waals surface area contributed by atoms with Gasteiger partial charge in [-0.2, -0.15) is 0 Å². The average Bonchev–Trinajstić information content (AvgIpc) is 2.12. The highest BCUT2D eigenvalue weighted by Gasteiger charge is 2.18. The molecule has 1 atom stereocenters. The maximum Gasteiger partial charge on any atom is 0.00558 e. The molecular formula is C16H36N2. The maximum atomic E-state index is 6.16. The zero-order valence-corrected chi connectivity index (χ0v) is 13.7. The molecule has 0 heterocycles. The van der Waals surface area contributed by atoms with Gasteiger partial charge in [0.25, 0.3) is 0 Å². The number of rotatable bonds is 8. The van der Waals surface area contributed by atoms with Crippen LogP contribution in [0.3, 0.4) is 0 Å². The van der Waals surface area contributed by atoms with E-state index in [1.54, 1.807) is 0 Å². The van der Waals surface area contributed by atoms with Gasteiger partial charge >= 0.3 is 0 Å². The van der Waals surface area contributed by atoms with Crippen molar-refractivity contribution in [1.29, 1.82) is 0 Å². The van der Waals surface area contributed by atoms with Crippen molar-refractivity contribution in [1.82, 2.24) is 5.32 Å². The summed E-state index contributed by atoms with van der Waals surface area (Å²) >= 11 is 0. The minimum atomic E-state index is 0.328. The van der Waals surface area contributed by atoms with Gasteiger partial charge in [0.05, 0.1) is 0 Å². The summed E-state index contributed by atoms with van der Waals surface area (Å²) in [6.45, 7) is 18.2. The molecule has 110 valence electrons. The Bertz CT molecular complexity index is 196. The molecule has 1 unspecified atom stereocenters. The van der Waals surface area contributed by atoms with Crippen molar-refractivity contribution in [2.75, 3.05) is 13.1 Å². The van der Waals surface area contributed by atoms with Crippen molar-refractivity contribution < 1.29 is 0 Å². The van der Waals surface area contributed by atoms with E-state index < -0.39 is 0 Å². The minimum absolute atomic E-state index is 0.328. The van der Waals surface area contributed by atoms with Gasteiger partial charge in [0.15, 0.2) is 0 Å². The summed E-state index contributed by atoms with van der Waals surface area (Å²) in [5.74, 6) is 2.27. The SMILES string of the molecule is CC(C)C(CNCCC(N)CC(C)(C)C)C(C)C. The summed E-state index contributed by atoms with van der Waals surface area (Å²) in [6, 6.07) is 0.328. The molecule has 0 aromatic heterocycles. The van der Waals surface area contributed by atoms with Crippen LogP contribution in [0.25, 0.3) is 0 Å². The molecule has 2 nitrogen and oxygen atoms in total. The molecule has 0 aromatic carbocycles. The third-order valence-corrected chi connectivity index (χ3v) is 3.66. The van der Waals surface area contributed by atoms with Crippen LogP contribution in [0.5, 0.6) is 0 Å². The lowest BCUT2D eigenvalue weighted by molar-refractivity contribution is 0.272. The van der Waals surface area contributed by atoms with E-state index in [4.69, 9.17) is 5.73 Å². The molecule has 0 spiro atoms. The predicted octanol–water partition coefficient (Wildman–Crippen LogP) is 3.66. The van der Waals surface area contributed by atoms with Crippen molar-refractivity contribution in [2.24, 2.45) is 28.9 Å². The van der Waals surface area contributed by atoms with Gasteiger partial charge < -0.3 is 11.1 Å². The van der Waals surface area contributed by atoms with E-state index in [1.807, 2.05) is 0 Å². The van der Waals surface area contributed by atoms with Crippen LogP contribution < -0.4 is 11.1 Å². The van der Waals surface area contributed by atoms with Crippen LogP contribution in [0.1, 0.15) is 61.3 Å².